The van der Waals surface area contributed by atoms with Crippen LogP contribution >= 0.6 is 11.3 Å². The molecule has 0 atom stereocenters. The van der Waals surface area contributed by atoms with Crippen molar-refractivity contribution in [1.82, 2.24) is 9.88 Å². The maximum absolute atomic E-state index is 5.02. The molecule has 2 aromatic carbocycles. The van der Waals surface area contributed by atoms with E-state index < -0.39 is 0 Å². The van der Waals surface area contributed by atoms with Crippen molar-refractivity contribution < 1.29 is 0 Å². The Kier molecular flexibility index (Phi) is 8.76. The molecule has 0 spiro atoms. The molecule has 0 aliphatic heterocycles. The largest absolute Gasteiger partial charge is 0.381 e. The first kappa shape index (κ1) is 26.2. The van der Waals surface area contributed by atoms with Gasteiger partial charge in [-0.15, -0.1) is 11.3 Å². The monoisotopic (exact) mass is 474 g/mol. The predicted octanol–water partition coefficient (Wildman–Crippen LogP) is 8.28. The van der Waals surface area contributed by atoms with Crippen LogP contribution in [0.4, 0.5) is 0 Å². The van der Waals surface area contributed by atoms with Gasteiger partial charge in [0.05, 0.1) is 10.7 Å². The van der Waals surface area contributed by atoms with Gasteiger partial charge in [-0.3, -0.25) is 0 Å². The fourth-order valence-corrected chi connectivity index (χ4v) is 5.26. The Bertz CT molecular complexity index is 1120. The molecule has 1 heterocycles. The van der Waals surface area contributed by atoms with Crippen molar-refractivity contribution in [2.75, 3.05) is 13.6 Å². The highest BCUT2D eigenvalue weighted by Crippen LogP contribution is 2.32. The van der Waals surface area contributed by atoms with E-state index >= 15 is 0 Å². The molecule has 34 heavy (non-hydrogen) atoms. The highest BCUT2D eigenvalue weighted by Gasteiger charge is 2.20. The number of rotatable bonds is 5. The van der Waals surface area contributed by atoms with Crippen molar-refractivity contribution in [2.45, 2.75) is 79.1 Å². The molecule has 0 bridgehead atoms. The number of fused-ring (bicyclic) bond motifs is 1. The maximum atomic E-state index is 5.02. The molecule has 1 aromatic heterocycles. The Morgan fingerprint density at radius 1 is 1.03 bits per heavy atom. The SMILES string of the molecule is C=CN(C)CC.Cc1cc(Cc2nc(-c3ccc4c(c3)CCCC4)cs2)c(C(C)(C)C)cc1C. The van der Waals surface area contributed by atoms with Crippen molar-refractivity contribution in [3.8, 4) is 11.3 Å². The average Bonchev–Trinajstić information content (AvgIpc) is 3.28. The Hall–Kier alpha value is -2.39. The predicted molar refractivity (Wildman–Crippen MR) is 150 cm³/mol. The van der Waals surface area contributed by atoms with Crippen LogP contribution in [-0.2, 0) is 24.7 Å². The number of thiazole rings is 1. The molecule has 1 aliphatic carbocycles. The zero-order valence-electron chi connectivity index (χ0n) is 22.3. The van der Waals surface area contributed by atoms with Gasteiger partial charge in [-0.2, -0.15) is 0 Å². The molecule has 1 aliphatic rings. The second-order valence-electron chi connectivity index (χ2n) is 10.6. The van der Waals surface area contributed by atoms with E-state index in [2.05, 4.69) is 83.8 Å². The standard InChI is InChI=1S/C26H31NS.C5H11N/c1-17-12-22(23(13-18(17)2)26(3,4)5)15-25-27-24(16-28-25)21-11-10-19-8-6-7-9-20(19)14-21;1-4-6(3)5-2/h10-14,16H,6-9,15H2,1-5H3;4H,1,5H2,2-3H3. The molecule has 0 unspecified atom stereocenters. The minimum Gasteiger partial charge on any atom is -0.381 e. The lowest BCUT2D eigenvalue weighted by Crippen LogP contribution is -2.15. The highest BCUT2D eigenvalue weighted by molar-refractivity contribution is 7.10. The van der Waals surface area contributed by atoms with Crippen LogP contribution in [-0.4, -0.2) is 23.5 Å². The lowest BCUT2D eigenvalue weighted by molar-refractivity contribution is 0.486. The summed E-state index contributed by atoms with van der Waals surface area (Å²) < 4.78 is 0. The third-order valence-corrected chi connectivity index (χ3v) is 7.72. The van der Waals surface area contributed by atoms with E-state index in [0.29, 0.717) is 0 Å². The van der Waals surface area contributed by atoms with Crippen LogP contribution in [0.1, 0.15) is 78.9 Å². The number of hydrogen-bond acceptors (Lipinski definition) is 3. The van der Waals surface area contributed by atoms with Crippen LogP contribution in [0.2, 0.25) is 0 Å². The molecular weight excluding hydrogens is 432 g/mol. The fourth-order valence-electron chi connectivity index (χ4n) is 4.43. The summed E-state index contributed by atoms with van der Waals surface area (Å²) in [6.07, 6.45) is 7.84. The average molecular weight is 475 g/mol. The third kappa shape index (κ3) is 6.60. The maximum Gasteiger partial charge on any atom is 0.0976 e. The highest BCUT2D eigenvalue weighted by atomic mass is 32.1. The second-order valence-corrected chi connectivity index (χ2v) is 11.5. The van der Waals surface area contributed by atoms with E-state index in [-0.39, 0.29) is 5.41 Å². The summed E-state index contributed by atoms with van der Waals surface area (Å²) in [5, 5.41) is 3.44. The topological polar surface area (TPSA) is 16.1 Å². The molecule has 0 fully saturated rings. The van der Waals surface area contributed by atoms with Gasteiger partial charge in [-0.05, 0) is 97.5 Å². The second kappa shape index (κ2) is 11.4. The van der Waals surface area contributed by atoms with E-state index in [0.717, 1.165) is 18.7 Å². The minimum absolute atomic E-state index is 0.145. The molecule has 4 rings (SSSR count). The molecule has 3 aromatic rings. The van der Waals surface area contributed by atoms with Crippen LogP contribution in [0.5, 0.6) is 0 Å². The molecule has 3 heteroatoms. The first-order valence-electron chi connectivity index (χ1n) is 12.6. The van der Waals surface area contributed by atoms with Crippen LogP contribution in [0.15, 0.2) is 48.5 Å². The summed E-state index contributed by atoms with van der Waals surface area (Å²) in [4.78, 5) is 7.03. The summed E-state index contributed by atoms with van der Waals surface area (Å²) in [5.74, 6) is 0. The third-order valence-electron chi connectivity index (χ3n) is 6.88. The van der Waals surface area contributed by atoms with Crippen molar-refractivity contribution in [2.24, 2.45) is 0 Å². The molecule has 2 nitrogen and oxygen atoms in total. The van der Waals surface area contributed by atoms with E-state index in [9.17, 15) is 0 Å². The van der Waals surface area contributed by atoms with E-state index in [1.807, 2.05) is 11.9 Å². The number of hydrogen-bond donors (Lipinski definition) is 0. The molecule has 0 radical (unpaired) electrons. The van der Waals surface area contributed by atoms with Gasteiger partial charge in [0.15, 0.2) is 0 Å². The van der Waals surface area contributed by atoms with Gasteiger partial charge in [0.25, 0.3) is 0 Å². The van der Waals surface area contributed by atoms with Crippen LogP contribution in [0.25, 0.3) is 11.3 Å². The fraction of sp³-hybridized carbons (Fsp3) is 0.452. The van der Waals surface area contributed by atoms with E-state index in [1.165, 1.54) is 69.6 Å². The van der Waals surface area contributed by atoms with Gasteiger partial charge in [-0.1, -0.05) is 51.6 Å². The molecule has 0 N–H and O–H groups in total. The van der Waals surface area contributed by atoms with Gasteiger partial charge >= 0.3 is 0 Å². The first-order valence-corrected chi connectivity index (χ1v) is 13.5. The zero-order valence-corrected chi connectivity index (χ0v) is 23.1. The number of benzene rings is 2. The lowest BCUT2D eigenvalue weighted by Gasteiger charge is -2.24. The number of aryl methyl sites for hydroxylation is 4. The first-order chi connectivity index (χ1) is 16.1. The van der Waals surface area contributed by atoms with Crippen molar-refractivity contribution in [1.29, 1.82) is 0 Å². The molecule has 0 saturated heterocycles. The number of nitrogens with zero attached hydrogens (tertiary/aromatic N) is 2. The minimum atomic E-state index is 0.145. The molecular formula is C31H42N2S. The Morgan fingerprint density at radius 3 is 2.32 bits per heavy atom. The Labute approximate surface area is 211 Å². The normalized spacial score (nSPS) is 13.0. The molecule has 0 saturated carbocycles. The van der Waals surface area contributed by atoms with Crippen molar-refractivity contribution in [3.05, 3.63) is 86.9 Å². The smallest absolute Gasteiger partial charge is 0.0976 e. The van der Waals surface area contributed by atoms with Gasteiger partial charge in [0.1, 0.15) is 0 Å². The summed E-state index contributed by atoms with van der Waals surface area (Å²) in [5.41, 5.74) is 11.2. The molecule has 0 amide bonds. The van der Waals surface area contributed by atoms with Gasteiger partial charge in [0.2, 0.25) is 0 Å². The quantitative estimate of drug-likeness (QED) is 0.370. The van der Waals surface area contributed by atoms with Crippen LogP contribution in [0.3, 0.4) is 0 Å². The summed E-state index contributed by atoms with van der Waals surface area (Å²) in [6, 6.07) is 11.7. The summed E-state index contributed by atoms with van der Waals surface area (Å²) in [6.45, 7) is 18.0. The van der Waals surface area contributed by atoms with E-state index in [1.54, 1.807) is 17.5 Å². The zero-order chi connectivity index (χ0) is 24.9. The summed E-state index contributed by atoms with van der Waals surface area (Å²) >= 11 is 1.79. The van der Waals surface area contributed by atoms with E-state index in [4.69, 9.17) is 4.98 Å². The van der Waals surface area contributed by atoms with Crippen molar-refractivity contribution in [3.63, 3.8) is 0 Å². The van der Waals surface area contributed by atoms with Crippen LogP contribution < -0.4 is 0 Å². The summed E-state index contributed by atoms with van der Waals surface area (Å²) in [7, 11) is 1.99. The van der Waals surface area contributed by atoms with Gasteiger partial charge < -0.3 is 4.90 Å². The Morgan fingerprint density at radius 2 is 1.71 bits per heavy atom. The van der Waals surface area contributed by atoms with Gasteiger partial charge in [0, 0.05) is 31.0 Å². The van der Waals surface area contributed by atoms with Gasteiger partial charge in [-0.25, -0.2) is 4.98 Å². The van der Waals surface area contributed by atoms with Crippen LogP contribution in [0, 0.1) is 13.8 Å². The molecule has 182 valence electrons. The van der Waals surface area contributed by atoms with Crippen molar-refractivity contribution >= 4 is 11.3 Å². The number of aromatic nitrogens is 1. The lowest BCUT2D eigenvalue weighted by atomic mass is 9.81. The Balaban J connectivity index is 0.000000481.